The predicted octanol–water partition coefficient (Wildman–Crippen LogP) is 2.60. The Morgan fingerprint density at radius 2 is 2.06 bits per heavy atom. The molecule has 0 saturated heterocycles. The maximum Gasteiger partial charge on any atom is 0.149 e. The molecule has 3 nitrogen and oxygen atoms in total. The van der Waals surface area contributed by atoms with Gasteiger partial charge in [-0.3, -0.25) is 0 Å². The third-order valence-electron chi connectivity index (χ3n) is 2.11. The molecule has 1 rings (SSSR count). The molecule has 4 heteroatoms. The van der Waals surface area contributed by atoms with E-state index in [-0.39, 0.29) is 5.69 Å². The minimum atomic E-state index is -0.454. The van der Waals surface area contributed by atoms with Crippen LogP contribution in [0.15, 0.2) is 18.2 Å². The first-order chi connectivity index (χ1) is 7.74. The summed E-state index contributed by atoms with van der Waals surface area (Å²) in [6.45, 7) is 3.80. The Labute approximate surface area is 95.4 Å². The van der Waals surface area contributed by atoms with Gasteiger partial charge in [-0.1, -0.05) is 13.3 Å². The van der Waals surface area contributed by atoms with Crippen molar-refractivity contribution in [3.05, 3.63) is 24.0 Å². The Kier molecular flexibility index (Phi) is 5.64. The third kappa shape index (κ3) is 4.49. The van der Waals surface area contributed by atoms with Crippen LogP contribution >= 0.6 is 0 Å². The number of nitrogen functional groups attached to an aromatic ring is 1. The molecule has 0 amide bonds. The van der Waals surface area contributed by atoms with Crippen molar-refractivity contribution >= 4 is 5.69 Å². The zero-order valence-corrected chi connectivity index (χ0v) is 9.54. The van der Waals surface area contributed by atoms with E-state index in [0.29, 0.717) is 19.0 Å². The van der Waals surface area contributed by atoms with Gasteiger partial charge in [0.2, 0.25) is 0 Å². The van der Waals surface area contributed by atoms with Crippen LogP contribution in [0.4, 0.5) is 10.1 Å². The molecule has 0 heterocycles. The molecule has 0 aliphatic rings. The fourth-order valence-electron chi connectivity index (χ4n) is 1.16. The quantitative estimate of drug-likeness (QED) is 0.575. The number of benzene rings is 1. The molecule has 0 bridgehead atoms. The summed E-state index contributed by atoms with van der Waals surface area (Å²) < 4.78 is 23.6. The zero-order valence-electron chi connectivity index (χ0n) is 9.54. The predicted molar refractivity (Wildman–Crippen MR) is 62.0 cm³/mol. The van der Waals surface area contributed by atoms with Gasteiger partial charge >= 0.3 is 0 Å². The van der Waals surface area contributed by atoms with Gasteiger partial charge in [-0.05, 0) is 18.6 Å². The summed E-state index contributed by atoms with van der Waals surface area (Å²) in [6, 6.07) is 4.41. The smallest absolute Gasteiger partial charge is 0.149 e. The minimum Gasteiger partial charge on any atom is -0.491 e. The number of ether oxygens (including phenoxy) is 2. The molecule has 0 aromatic heterocycles. The van der Waals surface area contributed by atoms with Crippen molar-refractivity contribution in [2.75, 3.05) is 25.6 Å². The van der Waals surface area contributed by atoms with E-state index in [2.05, 4.69) is 6.92 Å². The molecule has 0 aliphatic heterocycles. The molecular formula is C12H18FNO2. The molecule has 16 heavy (non-hydrogen) atoms. The van der Waals surface area contributed by atoms with Crippen LogP contribution in [-0.2, 0) is 4.74 Å². The lowest BCUT2D eigenvalue weighted by Gasteiger charge is -2.07. The van der Waals surface area contributed by atoms with E-state index in [4.69, 9.17) is 15.2 Å². The number of unbranched alkanes of at least 4 members (excludes halogenated alkanes) is 1. The van der Waals surface area contributed by atoms with Gasteiger partial charge in [-0.2, -0.15) is 0 Å². The average molecular weight is 227 g/mol. The number of nitrogens with two attached hydrogens (primary N) is 1. The van der Waals surface area contributed by atoms with Gasteiger partial charge < -0.3 is 15.2 Å². The summed E-state index contributed by atoms with van der Waals surface area (Å²) in [5, 5.41) is 0. The van der Waals surface area contributed by atoms with Crippen molar-refractivity contribution in [1.29, 1.82) is 0 Å². The van der Waals surface area contributed by atoms with Crippen LogP contribution < -0.4 is 10.5 Å². The minimum absolute atomic E-state index is 0.131. The molecule has 1 aromatic carbocycles. The SMILES string of the molecule is CCCCOCCOc1ccc(N)c(F)c1. The largest absolute Gasteiger partial charge is 0.491 e. The standard InChI is InChI=1S/C12H18FNO2/c1-2-3-6-15-7-8-16-10-4-5-12(14)11(13)9-10/h4-5,9H,2-3,6-8,14H2,1H3. The number of hydrogen-bond donors (Lipinski definition) is 1. The van der Waals surface area contributed by atoms with Crippen LogP contribution in [0.5, 0.6) is 5.75 Å². The molecule has 1 aromatic rings. The topological polar surface area (TPSA) is 44.5 Å². The Hall–Kier alpha value is -1.29. The highest BCUT2D eigenvalue weighted by Crippen LogP contribution is 2.17. The van der Waals surface area contributed by atoms with E-state index in [9.17, 15) is 4.39 Å². The van der Waals surface area contributed by atoms with Crippen LogP contribution in [-0.4, -0.2) is 19.8 Å². The molecule has 2 N–H and O–H groups in total. The van der Waals surface area contributed by atoms with Crippen molar-refractivity contribution in [2.24, 2.45) is 0 Å². The number of halogens is 1. The fraction of sp³-hybridized carbons (Fsp3) is 0.500. The van der Waals surface area contributed by atoms with Crippen LogP contribution in [0, 0.1) is 5.82 Å². The maximum atomic E-state index is 13.0. The van der Waals surface area contributed by atoms with E-state index < -0.39 is 5.82 Å². The lowest BCUT2D eigenvalue weighted by Crippen LogP contribution is -2.07. The second-order valence-corrected chi connectivity index (χ2v) is 3.50. The van der Waals surface area contributed by atoms with E-state index in [1.807, 2.05) is 0 Å². The van der Waals surface area contributed by atoms with Crippen LogP contribution in [0.3, 0.4) is 0 Å². The van der Waals surface area contributed by atoms with E-state index in [0.717, 1.165) is 19.4 Å². The second kappa shape index (κ2) is 7.06. The van der Waals surface area contributed by atoms with E-state index >= 15 is 0 Å². The van der Waals surface area contributed by atoms with Crippen LogP contribution in [0.1, 0.15) is 19.8 Å². The lowest BCUT2D eigenvalue weighted by atomic mass is 10.3. The summed E-state index contributed by atoms with van der Waals surface area (Å²) in [5.41, 5.74) is 5.47. The van der Waals surface area contributed by atoms with Gasteiger partial charge in [0.1, 0.15) is 18.2 Å². The fourth-order valence-corrected chi connectivity index (χ4v) is 1.16. The highest BCUT2D eigenvalue weighted by molar-refractivity contribution is 5.43. The molecule has 0 spiro atoms. The number of anilines is 1. The van der Waals surface area contributed by atoms with Crippen LogP contribution in [0.25, 0.3) is 0 Å². The molecule has 0 atom stereocenters. The van der Waals surface area contributed by atoms with Crippen molar-refractivity contribution < 1.29 is 13.9 Å². The van der Waals surface area contributed by atoms with Crippen molar-refractivity contribution in [2.45, 2.75) is 19.8 Å². The Balaban J connectivity index is 2.19. The molecule has 90 valence electrons. The van der Waals surface area contributed by atoms with Crippen molar-refractivity contribution in [3.8, 4) is 5.75 Å². The second-order valence-electron chi connectivity index (χ2n) is 3.50. The van der Waals surface area contributed by atoms with E-state index in [1.54, 1.807) is 6.07 Å². The average Bonchev–Trinajstić information content (AvgIpc) is 2.28. The molecule has 0 saturated carbocycles. The van der Waals surface area contributed by atoms with Crippen molar-refractivity contribution in [1.82, 2.24) is 0 Å². The zero-order chi connectivity index (χ0) is 11.8. The maximum absolute atomic E-state index is 13.0. The summed E-state index contributed by atoms with van der Waals surface area (Å²) in [4.78, 5) is 0. The Morgan fingerprint density at radius 3 is 2.75 bits per heavy atom. The summed E-state index contributed by atoms with van der Waals surface area (Å²) in [7, 11) is 0. The summed E-state index contributed by atoms with van der Waals surface area (Å²) in [5.74, 6) is 0.0233. The number of hydrogen-bond acceptors (Lipinski definition) is 3. The molecule has 0 radical (unpaired) electrons. The summed E-state index contributed by atoms with van der Waals surface area (Å²) >= 11 is 0. The normalized spacial score (nSPS) is 10.4. The van der Waals surface area contributed by atoms with Gasteiger partial charge in [0.25, 0.3) is 0 Å². The van der Waals surface area contributed by atoms with Gasteiger partial charge in [-0.15, -0.1) is 0 Å². The molecule has 0 fully saturated rings. The van der Waals surface area contributed by atoms with Crippen molar-refractivity contribution in [3.63, 3.8) is 0 Å². The highest BCUT2D eigenvalue weighted by Gasteiger charge is 2.00. The monoisotopic (exact) mass is 227 g/mol. The third-order valence-corrected chi connectivity index (χ3v) is 2.11. The molecular weight excluding hydrogens is 209 g/mol. The van der Waals surface area contributed by atoms with Gasteiger partial charge in [0.15, 0.2) is 0 Å². The van der Waals surface area contributed by atoms with Gasteiger partial charge in [0, 0.05) is 12.7 Å². The molecule has 0 aliphatic carbocycles. The Bertz CT molecular complexity index is 318. The van der Waals surface area contributed by atoms with Crippen LogP contribution in [0.2, 0.25) is 0 Å². The Morgan fingerprint density at radius 1 is 1.25 bits per heavy atom. The highest BCUT2D eigenvalue weighted by atomic mass is 19.1. The van der Waals surface area contributed by atoms with Gasteiger partial charge in [0.05, 0.1) is 12.3 Å². The van der Waals surface area contributed by atoms with Gasteiger partial charge in [-0.25, -0.2) is 4.39 Å². The summed E-state index contributed by atoms with van der Waals surface area (Å²) in [6.07, 6.45) is 2.17. The number of rotatable bonds is 7. The van der Waals surface area contributed by atoms with E-state index in [1.165, 1.54) is 12.1 Å². The first-order valence-corrected chi connectivity index (χ1v) is 5.49. The lowest BCUT2D eigenvalue weighted by molar-refractivity contribution is 0.0979. The first-order valence-electron chi connectivity index (χ1n) is 5.49. The molecule has 0 unspecified atom stereocenters. The first kappa shape index (κ1) is 12.8.